The van der Waals surface area contributed by atoms with Crippen LogP contribution in [0, 0.1) is 5.41 Å². The summed E-state index contributed by atoms with van der Waals surface area (Å²) in [7, 11) is 0. The third-order valence-corrected chi connectivity index (χ3v) is 8.39. The van der Waals surface area contributed by atoms with Crippen molar-refractivity contribution in [1.82, 2.24) is 15.2 Å². The largest absolute Gasteiger partial charge is 0.326 e. The van der Waals surface area contributed by atoms with Gasteiger partial charge in [-0.25, -0.2) is 4.98 Å². The molecule has 1 N–H and O–H groups in total. The molecule has 1 fully saturated rings. The van der Waals surface area contributed by atoms with Crippen LogP contribution in [0.2, 0.25) is 0 Å². The van der Waals surface area contributed by atoms with E-state index < -0.39 is 0 Å². The predicted octanol–water partition coefficient (Wildman–Crippen LogP) is 3.90. The monoisotopic (exact) mass is 408 g/mol. The van der Waals surface area contributed by atoms with Crippen LogP contribution in [0.25, 0.3) is 0 Å². The molecule has 2 aliphatic carbocycles. The van der Waals surface area contributed by atoms with Crippen molar-refractivity contribution in [3.05, 3.63) is 40.7 Å². The van der Waals surface area contributed by atoms with Crippen molar-refractivity contribution in [2.75, 3.05) is 5.32 Å². The number of carbonyl (C=O) groups excluding carboxylic acids is 2. The number of hydrogen-bond acceptors (Lipinski definition) is 6. The van der Waals surface area contributed by atoms with E-state index in [0.29, 0.717) is 23.1 Å². The zero-order chi connectivity index (χ0) is 20.6. The molecule has 5 rings (SSSR count). The van der Waals surface area contributed by atoms with Crippen LogP contribution in [0.3, 0.4) is 0 Å². The van der Waals surface area contributed by atoms with E-state index in [1.165, 1.54) is 11.8 Å². The van der Waals surface area contributed by atoms with Gasteiger partial charge in [-0.2, -0.15) is 5.10 Å². The molecule has 1 aromatic carbocycles. The summed E-state index contributed by atoms with van der Waals surface area (Å²) in [6.45, 7) is 8.77. The Hall–Kier alpha value is -2.28. The molecule has 1 saturated carbocycles. The van der Waals surface area contributed by atoms with Gasteiger partial charge in [0, 0.05) is 22.6 Å². The number of rotatable bonds is 4. The lowest BCUT2D eigenvalue weighted by Gasteiger charge is -2.34. The molecule has 1 aliphatic heterocycles. The number of anilines is 1. The minimum Gasteiger partial charge on any atom is -0.326 e. The highest BCUT2D eigenvalue weighted by Gasteiger charge is 2.61. The van der Waals surface area contributed by atoms with Gasteiger partial charge in [0.15, 0.2) is 5.78 Å². The summed E-state index contributed by atoms with van der Waals surface area (Å²) in [5, 5.41) is 11.9. The van der Waals surface area contributed by atoms with Gasteiger partial charge < -0.3 is 5.32 Å². The Morgan fingerprint density at radius 1 is 1.28 bits per heavy atom. The minimum atomic E-state index is -0.336. The Balaban J connectivity index is 1.38. The highest BCUT2D eigenvalue weighted by atomic mass is 32.2. The molecule has 6 nitrogen and oxygen atoms in total. The maximum Gasteiger partial charge on any atom is 0.228 e. The van der Waals surface area contributed by atoms with E-state index >= 15 is 0 Å². The summed E-state index contributed by atoms with van der Waals surface area (Å²) in [5.74, 6) is 0.396. The van der Waals surface area contributed by atoms with E-state index in [4.69, 9.17) is 4.98 Å². The summed E-state index contributed by atoms with van der Waals surface area (Å²) < 4.78 is 0. The van der Waals surface area contributed by atoms with Crippen LogP contribution in [0.5, 0.6) is 0 Å². The number of ketones is 1. The normalized spacial score (nSPS) is 26.8. The second-order valence-electron chi connectivity index (χ2n) is 9.19. The van der Waals surface area contributed by atoms with Crippen molar-refractivity contribution in [3.63, 3.8) is 0 Å². The maximum absolute atomic E-state index is 13.0. The molecule has 2 heterocycles. The van der Waals surface area contributed by atoms with E-state index in [1.807, 2.05) is 13.0 Å². The molecule has 2 aromatic rings. The average molecular weight is 409 g/mol. The molecule has 2 bridgehead atoms. The van der Waals surface area contributed by atoms with Gasteiger partial charge in [-0.15, -0.1) is 5.10 Å². The van der Waals surface area contributed by atoms with Crippen molar-refractivity contribution in [1.29, 1.82) is 0 Å². The fraction of sp³-hybridized carbons (Fsp3) is 0.500. The van der Waals surface area contributed by atoms with Crippen LogP contribution < -0.4 is 5.32 Å². The molecule has 0 spiro atoms. The van der Waals surface area contributed by atoms with Crippen molar-refractivity contribution < 1.29 is 9.59 Å². The number of hydrogen-bond donors (Lipinski definition) is 1. The summed E-state index contributed by atoms with van der Waals surface area (Å²) >= 11 is 1.36. The van der Waals surface area contributed by atoms with Crippen molar-refractivity contribution >= 4 is 29.1 Å². The highest BCUT2D eigenvalue weighted by Crippen LogP contribution is 2.66. The number of nitrogens with zero attached hydrogens (tertiary/aromatic N) is 3. The number of nitrogens with one attached hydrogen (secondary N) is 1. The summed E-state index contributed by atoms with van der Waals surface area (Å²) in [5.41, 5.74) is 4.55. The van der Waals surface area contributed by atoms with E-state index in [-0.39, 0.29) is 27.8 Å². The molecule has 7 heteroatoms. The third-order valence-electron chi connectivity index (χ3n) is 7.44. The van der Waals surface area contributed by atoms with Gasteiger partial charge in [-0.05, 0) is 48.9 Å². The molecule has 29 heavy (non-hydrogen) atoms. The number of amides is 1. The number of thioether (sulfide) groups is 1. The van der Waals surface area contributed by atoms with Crippen LogP contribution in [0.4, 0.5) is 5.69 Å². The zero-order valence-corrected chi connectivity index (χ0v) is 17.9. The average Bonchev–Trinajstić information content (AvgIpc) is 3.22. The van der Waals surface area contributed by atoms with Crippen molar-refractivity contribution in [2.24, 2.45) is 5.41 Å². The second kappa shape index (κ2) is 6.11. The van der Waals surface area contributed by atoms with Gasteiger partial charge in [-0.3, -0.25) is 9.59 Å². The van der Waals surface area contributed by atoms with Gasteiger partial charge in [0.1, 0.15) is 0 Å². The molecule has 1 aromatic heterocycles. The fourth-order valence-corrected chi connectivity index (χ4v) is 6.03. The molecular weight excluding hydrogens is 384 g/mol. The van der Waals surface area contributed by atoms with E-state index in [2.05, 4.69) is 36.3 Å². The Morgan fingerprint density at radius 2 is 2.07 bits per heavy atom. The van der Waals surface area contributed by atoms with Gasteiger partial charge in [0.2, 0.25) is 11.1 Å². The van der Waals surface area contributed by atoms with Crippen LogP contribution in [0.15, 0.2) is 23.4 Å². The first kappa shape index (κ1) is 18.7. The molecule has 0 radical (unpaired) electrons. The third kappa shape index (κ3) is 2.59. The van der Waals surface area contributed by atoms with Crippen LogP contribution in [0.1, 0.15) is 73.8 Å². The summed E-state index contributed by atoms with van der Waals surface area (Å²) in [6.07, 6.45) is 2.59. The van der Waals surface area contributed by atoms with Crippen molar-refractivity contribution in [2.45, 2.75) is 68.7 Å². The van der Waals surface area contributed by atoms with Crippen molar-refractivity contribution in [3.8, 4) is 0 Å². The van der Waals surface area contributed by atoms with Crippen LogP contribution in [-0.2, 0) is 16.6 Å². The fourth-order valence-electron chi connectivity index (χ4n) is 5.24. The van der Waals surface area contributed by atoms with Gasteiger partial charge in [0.05, 0.1) is 23.1 Å². The molecule has 1 amide bonds. The standard InChI is InChI=1S/C22H24N4O2S/c1-11(18(28)12-5-6-15-13(9-12)10-16(27)23-15)29-20-24-19-17(25-26-20)14-7-8-22(19,4)21(14,2)3/h5-6,9,11,14H,7-8,10H2,1-4H3,(H,23,27)/t11-,14+,22+/m1/s1. The molecule has 0 unspecified atom stereocenters. The molecule has 3 aliphatic rings. The molecule has 0 saturated heterocycles. The first-order valence-corrected chi connectivity index (χ1v) is 11.0. The molecular formula is C22H24N4O2S. The number of carbonyl (C=O) groups is 2. The first-order chi connectivity index (χ1) is 13.7. The Labute approximate surface area is 174 Å². The van der Waals surface area contributed by atoms with E-state index in [1.54, 1.807) is 12.1 Å². The van der Waals surface area contributed by atoms with Crippen LogP contribution >= 0.6 is 11.8 Å². The quantitative estimate of drug-likeness (QED) is 0.610. The summed E-state index contributed by atoms with van der Waals surface area (Å²) in [4.78, 5) is 29.4. The second-order valence-corrected chi connectivity index (χ2v) is 10.5. The van der Waals surface area contributed by atoms with Gasteiger partial charge >= 0.3 is 0 Å². The van der Waals surface area contributed by atoms with E-state index in [9.17, 15) is 9.59 Å². The number of benzene rings is 1. The predicted molar refractivity (Wildman–Crippen MR) is 111 cm³/mol. The Morgan fingerprint density at radius 3 is 2.86 bits per heavy atom. The van der Waals surface area contributed by atoms with Gasteiger partial charge in [0.25, 0.3) is 0 Å². The Kier molecular flexibility index (Phi) is 3.95. The lowest BCUT2D eigenvalue weighted by atomic mass is 9.70. The lowest BCUT2D eigenvalue weighted by Crippen LogP contribution is -2.32. The number of Topliss-reactive ketones (excluding diaryl/α,β-unsaturated/α-hetero) is 1. The zero-order valence-electron chi connectivity index (χ0n) is 17.1. The number of fused-ring (bicyclic) bond motifs is 6. The van der Waals surface area contributed by atoms with Gasteiger partial charge in [-0.1, -0.05) is 32.5 Å². The molecule has 3 atom stereocenters. The maximum atomic E-state index is 13.0. The Bertz CT molecular complexity index is 1070. The molecule has 150 valence electrons. The highest BCUT2D eigenvalue weighted by molar-refractivity contribution is 8.00. The van der Waals surface area contributed by atoms with Crippen LogP contribution in [-0.4, -0.2) is 32.1 Å². The first-order valence-electron chi connectivity index (χ1n) is 10.1. The lowest BCUT2D eigenvalue weighted by molar-refractivity contribution is -0.115. The topological polar surface area (TPSA) is 84.8 Å². The minimum absolute atomic E-state index is 0.00862. The number of aromatic nitrogens is 3. The summed E-state index contributed by atoms with van der Waals surface area (Å²) in [6, 6.07) is 5.39. The SMILES string of the molecule is C[C@@H](Sc1nnc2c(n1)[C@]1(C)CC[C@@H]2C1(C)C)C(=O)c1ccc2c(c1)CC(=O)N2. The smallest absolute Gasteiger partial charge is 0.228 e. The van der Waals surface area contributed by atoms with E-state index in [0.717, 1.165) is 35.5 Å².